The molecule has 0 heterocycles. The lowest BCUT2D eigenvalue weighted by Gasteiger charge is -2.11. The van der Waals surface area contributed by atoms with Crippen LogP contribution in [0.1, 0.15) is 61.3 Å². The molecule has 2 aromatic rings. The predicted octanol–water partition coefficient (Wildman–Crippen LogP) is 6.30. The van der Waals surface area contributed by atoms with Crippen molar-refractivity contribution in [2.75, 3.05) is 0 Å². The Morgan fingerprint density at radius 2 is 1.73 bits per heavy atom. The number of unbranched alkanes of at least 4 members (excludes halogenated alkanes) is 2. The van der Waals surface area contributed by atoms with Gasteiger partial charge in [0.25, 0.3) is 0 Å². The number of rotatable bonds is 5. The summed E-state index contributed by atoms with van der Waals surface area (Å²) in [5.41, 5.74) is 7.50. The van der Waals surface area contributed by atoms with E-state index in [1.165, 1.54) is 61.6 Å². The summed E-state index contributed by atoms with van der Waals surface area (Å²) in [7, 11) is 0. The first-order valence-electron chi connectivity index (χ1n) is 8.75. The zero-order valence-electron chi connectivity index (χ0n) is 13.6. The Labute approximate surface area is 134 Å². The molecule has 1 aliphatic rings. The van der Waals surface area contributed by atoms with Gasteiger partial charge in [0.2, 0.25) is 0 Å². The van der Waals surface area contributed by atoms with Gasteiger partial charge in [-0.3, -0.25) is 0 Å². The number of hydrogen-bond donors (Lipinski definition) is 0. The summed E-state index contributed by atoms with van der Waals surface area (Å²) in [5, 5.41) is 0. The molecule has 1 aliphatic carbocycles. The number of benzene rings is 2. The van der Waals surface area contributed by atoms with Gasteiger partial charge >= 0.3 is 0 Å². The van der Waals surface area contributed by atoms with Crippen molar-refractivity contribution in [1.82, 2.24) is 0 Å². The summed E-state index contributed by atoms with van der Waals surface area (Å²) >= 11 is 0. The molecule has 22 heavy (non-hydrogen) atoms. The Morgan fingerprint density at radius 1 is 0.864 bits per heavy atom. The zero-order valence-corrected chi connectivity index (χ0v) is 13.6. The minimum atomic E-state index is 1.19. The molecule has 0 unspecified atom stereocenters. The van der Waals surface area contributed by atoms with Crippen LogP contribution in [-0.2, 0) is 12.8 Å². The minimum Gasteiger partial charge on any atom is -0.0654 e. The molecule has 0 fully saturated rings. The predicted molar refractivity (Wildman–Crippen MR) is 96.9 cm³/mol. The average Bonchev–Trinajstić information content (AvgIpc) is 2.79. The van der Waals surface area contributed by atoms with Crippen LogP contribution >= 0.6 is 0 Å². The van der Waals surface area contributed by atoms with E-state index in [0.717, 1.165) is 0 Å². The maximum absolute atomic E-state index is 2.43. The van der Waals surface area contributed by atoms with E-state index in [4.69, 9.17) is 0 Å². The molecule has 0 saturated carbocycles. The smallest absolute Gasteiger partial charge is 0.0219 e. The molecule has 0 aliphatic heterocycles. The third kappa shape index (κ3) is 3.50. The van der Waals surface area contributed by atoms with Crippen molar-refractivity contribution in [3.8, 4) is 0 Å². The summed E-state index contributed by atoms with van der Waals surface area (Å²) in [6, 6.07) is 17.7. The fourth-order valence-electron chi connectivity index (χ4n) is 3.49. The normalized spacial score (nSPS) is 14.1. The first-order chi connectivity index (χ1) is 10.9. The molecule has 0 nitrogen and oxygen atoms in total. The van der Waals surface area contributed by atoms with E-state index < -0.39 is 0 Å². The van der Waals surface area contributed by atoms with Gasteiger partial charge in [-0.25, -0.2) is 0 Å². The molecular formula is C22H26. The van der Waals surface area contributed by atoms with E-state index in [1.807, 2.05) is 0 Å². The topological polar surface area (TPSA) is 0 Å². The third-order valence-corrected chi connectivity index (χ3v) is 4.71. The van der Waals surface area contributed by atoms with E-state index in [0.29, 0.717) is 0 Å². The maximum atomic E-state index is 2.43. The molecule has 0 radical (unpaired) electrons. The van der Waals surface area contributed by atoms with Crippen molar-refractivity contribution in [3.05, 3.63) is 70.8 Å². The van der Waals surface area contributed by atoms with Crippen molar-refractivity contribution in [2.24, 2.45) is 0 Å². The fourth-order valence-corrected chi connectivity index (χ4v) is 3.49. The van der Waals surface area contributed by atoms with Gasteiger partial charge < -0.3 is 0 Å². The van der Waals surface area contributed by atoms with Gasteiger partial charge in [-0.2, -0.15) is 0 Å². The Bertz CT molecular complexity index is 634. The summed E-state index contributed by atoms with van der Waals surface area (Å²) in [4.78, 5) is 0. The highest BCUT2D eigenvalue weighted by atomic mass is 14.2. The lowest BCUT2D eigenvalue weighted by Crippen LogP contribution is -1.97. The van der Waals surface area contributed by atoms with Crippen molar-refractivity contribution in [1.29, 1.82) is 0 Å². The quantitative estimate of drug-likeness (QED) is 0.567. The number of hydrogen-bond acceptors (Lipinski definition) is 0. The Hall–Kier alpha value is -1.82. The van der Waals surface area contributed by atoms with E-state index >= 15 is 0 Å². The molecule has 114 valence electrons. The highest BCUT2D eigenvalue weighted by Crippen LogP contribution is 2.31. The number of fused-ring (bicyclic) bond motifs is 1. The SMILES string of the molecule is CCCCCc1cccc2c1CCCC(c1ccccc1)=C2. The van der Waals surface area contributed by atoms with Gasteiger partial charge in [0.15, 0.2) is 0 Å². The second-order valence-corrected chi connectivity index (χ2v) is 6.33. The van der Waals surface area contributed by atoms with Gasteiger partial charge in [-0.05, 0) is 59.9 Å². The van der Waals surface area contributed by atoms with Crippen LogP contribution < -0.4 is 0 Å². The second-order valence-electron chi connectivity index (χ2n) is 6.33. The van der Waals surface area contributed by atoms with E-state index in [9.17, 15) is 0 Å². The van der Waals surface area contributed by atoms with Crippen LogP contribution in [0.3, 0.4) is 0 Å². The van der Waals surface area contributed by atoms with Crippen LogP contribution in [-0.4, -0.2) is 0 Å². The summed E-state index contributed by atoms with van der Waals surface area (Å²) in [5.74, 6) is 0. The van der Waals surface area contributed by atoms with Gasteiger partial charge in [0.05, 0.1) is 0 Å². The average molecular weight is 290 g/mol. The summed E-state index contributed by atoms with van der Waals surface area (Å²) in [6.45, 7) is 2.28. The number of aryl methyl sites for hydroxylation is 1. The zero-order chi connectivity index (χ0) is 15.2. The number of allylic oxidation sites excluding steroid dienone is 1. The van der Waals surface area contributed by atoms with Gasteiger partial charge in [0, 0.05) is 0 Å². The summed E-state index contributed by atoms with van der Waals surface area (Å²) < 4.78 is 0. The Morgan fingerprint density at radius 3 is 2.55 bits per heavy atom. The van der Waals surface area contributed by atoms with Crippen molar-refractivity contribution >= 4 is 11.6 Å². The van der Waals surface area contributed by atoms with Gasteiger partial charge in [-0.15, -0.1) is 0 Å². The fraction of sp³-hybridized carbons (Fsp3) is 0.364. The molecule has 3 rings (SSSR count). The lowest BCUT2D eigenvalue weighted by molar-refractivity contribution is 0.710. The van der Waals surface area contributed by atoms with E-state index in [-0.39, 0.29) is 0 Å². The molecule has 0 heteroatoms. The van der Waals surface area contributed by atoms with Crippen LogP contribution in [0.4, 0.5) is 0 Å². The lowest BCUT2D eigenvalue weighted by atomic mass is 9.94. The molecule has 0 spiro atoms. The van der Waals surface area contributed by atoms with Gasteiger partial charge in [-0.1, -0.05) is 74.4 Å². The molecule has 0 atom stereocenters. The molecular weight excluding hydrogens is 264 g/mol. The molecule has 0 bridgehead atoms. The Kier molecular flexibility index (Phi) is 5.11. The minimum absolute atomic E-state index is 1.19. The second kappa shape index (κ2) is 7.45. The molecule has 0 N–H and O–H groups in total. The van der Waals surface area contributed by atoms with Gasteiger partial charge in [0.1, 0.15) is 0 Å². The van der Waals surface area contributed by atoms with Crippen LogP contribution in [0.25, 0.3) is 11.6 Å². The van der Waals surface area contributed by atoms with E-state index in [1.54, 1.807) is 11.1 Å². The first kappa shape index (κ1) is 15.1. The standard InChI is InChI=1S/C22H26/c1-2-3-5-12-19-13-8-15-21-17-20(14-9-16-22(19)21)18-10-6-4-7-11-18/h4,6-8,10-11,13,15,17H,2-3,5,9,12,14,16H2,1H3. The third-order valence-electron chi connectivity index (χ3n) is 4.71. The summed E-state index contributed by atoms with van der Waals surface area (Å²) in [6.07, 6.45) is 11.3. The van der Waals surface area contributed by atoms with E-state index in [2.05, 4.69) is 61.5 Å². The Balaban J connectivity index is 1.90. The van der Waals surface area contributed by atoms with Crippen LogP contribution in [0.5, 0.6) is 0 Å². The first-order valence-corrected chi connectivity index (χ1v) is 8.75. The van der Waals surface area contributed by atoms with Crippen molar-refractivity contribution < 1.29 is 0 Å². The molecule has 0 amide bonds. The monoisotopic (exact) mass is 290 g/mol. The van der Waals surface area contributed by atoms with Crippen LogP contribution in [0, 0.1) is 0 Å². The van der Waals surface area contributed by atoms with Crippen molar-refractivity contribution in [2.45, 2.75) is 51.9 Å². The van der Waals surface area contributed by atoms with Crippen molar-refractivity contribution in [3.63, 3.8) is 0 Å². The van der Waals surface area contributed by atoms with Crippen LogP contribution in [0.15, 0.2) is 48.5 Å². The van der Waals surface area contributed by atoms with Crippen LogP contribution in [0.2, 0.25) is 0 Å². The maximum Gasteiger partial charge on any atom is -0.0219 e. The molecule has 0 aromatic heterocycles. The molecule has 2 aromatic carbocycles. The highest BCUT2D eigenvalue weighted by Gasteiger charge is 2.13. The molecule has 0 saturated heterocycles. The largest absolute Gasteiger partial charge is 0.0654 e. The highest BCUT2D eigenvalue weighted by molar-refractivity contribution is 5.83.